The first kappa shape index (κ1) is 11.7. The normalized spacial score (nSPS) is 11.0. The molecule has 1 aromatic carbocycles. The molecule has 0 saturated carbocycles. The maximum Gasteiger partial charge on any atom is 0.255 e. The summed E-state index contributed by atoms with van der Waals surface area (Å²) in [6.45, 7) is 0. The molecule has 0 spiro atoms. The Morgan fingerprint density at radius 1 is 1.14 bits per heavy atom. The number of aromatic amines is 2. The van der Waals surface area contributed by atoms with Crippen LogP contribution >= 0.6 is 0 Å². The minimum Gasteiger partial charge on any atom is -0.337 e. The standard InChI is InChI=1S/C15H11N5O/c21-15-11-4-3-10(8-9(11)5-7-17-15)18-14-13-12(19-20-14)2-1-6-16-13/h1-8H,(H,17,21)(H2,18,19,20). The van der Waals surface area contributed by atoms with E-state index in [1.807, 2.05) is 30.3 Å². The van der Waals surface area contributed by atoms with Gasteiger partial charge in [0, 0.05) is 23.5 Å². The van der Waals surface area contributed by atoms with Gasteiger partial charge >= 0.3 is 0 Å². The number of hydrogen-bond donors (Lipinski definition) is 3. The first-order valence-electron chi connectivity index (χ1n) is 6.49. The summed E-state index contributed by atoms with van der Waals surface area (Å²) in [7, 11) is 0. The van der Waals surface area contributed by atoms with Crippen molar-refractivity contribution in [2.24, 2.45) is 0 Å². The fourth-order valence-electron chi connectivity index (χ4n) is 2.35. The number of aromatic nitrogens is 4. The van der Waals surface area contributed by atoms with Crippen LogP contribution in [0, 0.1) is 0 Å². The highest BCUT2D eigenvalue weighted by Crippen LogP contribution is 2.23. The molecule has 0 unspecified atom stereocenters. The van der Waals surface area contributed by atoms with Crippen molar-refractivity contribution in [3.8, 4) is 0 Å². The summed E-state index contributed by atoms with van der Waals surface area (Å²) in [5.74, 6) is 0.662. The summed E-state index contributed by atoms with van der Waals surface area (Å²) in [5, 5.41) is 11.9. The number of nitrogens with zero attached hydrogens (tertiary/aromatic N) is 2. The Balaban J connectivity index is 1.79. The molecule has 0 aliphatic heterocycles. The van der Waals surface area contributed by atoms with Gasteiger partial charge in [-0.25, -0.2) is 0 Å². The minimum atomic E-state index is -0.0917. The van der Waals surface area contributed by atoms with Gasteiger partial charge < -0.3 is 10.3 Å². The molecule has 4 rings (SSSR count). The van der Waals surface area contributed by atoms with Gasteiger partial charge in [-0.2, -0.15) is 5.10 Å². The molecule has 3 heterocycles. The highest BCUT2D eigenvalue weighted by molar-refractivity contribution is 5.90. The molecule has 0 amide bonds. The zero-order valence-electron chi connectivity index (χ0n) is 10.9. The van der Waals surface area contributed by atoms with Gasteiger partial charge in [-0.05, 0) is 41.8 Å². The van der Waals surface area contributed by atoms with Crippen molar-refractivity contribution in [1.82, 2.24) is 20.2 Å². The van der Waals surface area contributed by atoms with Crippen LogP contribution in [0.3, 0.4) is 0 Å². The number of hydrogen-bond acceptors (Lipinski definition) is 4. The van der Waals surface area contributed by atoms with Gasteiger partial charge in [0.05, 0.1) is 5.52 Å². The van der Waals surface area contributed by atoms with E-state index >= 15 is 0 Å². The average molecular weight is 277 g/mol. The first-order valence-corrected chi connectivity index (χ1v) is 6.49. The van der Waals surface area contributed by atoms with Gasteiger partial charge in [0.15, 0.2) is 5.82 Å². The van der Waals surface area contributed by atoms with E-state index in [2.05, 4.69) is 25.5 Å². The van der Waals surface area contributed by atoms with Gasteiger partial charge in [-0.1, -0.05) is 0 Å². The Kier molecular flexibility index (Phi) is 2.47. The molecule has 0 bridgehead atoms. The van der Waals surface area contributed by atoms with Crippen LogP contribution in [0.2, 0.25) is 0 Å². The quantitative estimate of drug-likeness (QED) is 0.525. The van der Waals surface area contributed by atoms with Crippen LogP contribution in [0.1, 0.15) is 0 Å². The lowest BCUT2D eigenvalue weighted by atomic mass is 10.1. The maximum absolute atomic E-state index is 11.7. The largest absolute Gasteiger partial charge is 0.337 e. The number of nitrogens with one attached hydrogen (secondary N) is 3. The maximum atomic E-state index is 11.7. The number of anilines is 2. The minimum absolute atomic E-state index is 0.0917. The molecule has 6 nitrogen and oxygen atoms in total. The Bertz CT molecular complexity index is 1000. The van der Waals surface area contributed by atoms with Gasteiger partial charge in [-0.3, -0.25) is 14.9 Å². The lowest BCUT2D eigenvalue weighted by Gasteiger charge is -2.04. The Hall–Kier alpha value is -3.15. The van der Waals surface area contributed by atoms with Crippen molar-refractivity contribution in [3.63, 3.8) is 0 Å². The van der Waals surface area contributed by atoms with E-state index in [4.69, 9.17) is 0 Å². The molecule has 0 aliphatic carbocycles. The lowest BCUT2D eigenvalue weighted by Crippen LogP contribution is -2.04. The van der Waals surface area contributed by atoms with Gasteiger partial charge in [0.1, 0.15) is 5.52 Å². The van der Waals surface area contributed by atoms with Crippen LogP contribution in [0.5, 0.6) is 0 Å². The lowest BCUT2D eigenvalue weighted by molar-refractivity contribution is 1.12. The molecule has 3 aromatic heterocycles. The van der Waals surface area contributed by atoms with Gasteiger partial charge in [0.2, 0.25) is 0 Å². The molecular weight excluding hydrogens is 266 g/mol. The molecule has 4 aromatic rings. The smallest absolute Gasteiger partial charge is 0.255 e. The fourth-order valence-corrected chi connectivity index (χ4v) is 2.35. The average Bonchev–Trinajstić information content (AvgIpc) is 2.91. The zero-order chi connectivity index (χ0) is 14.2. The molecular formula is C15H11N5O. The molecule has 0 aliphatic rings. The predicted molar refractivity (Wildman–Crippen MR) is 81.7 cm³/mol. The van der Waals surface area contributed by atoms with Crippen LogP contribution in [-0.4, -0.2) is 20.2 Å². The second-order valence-corrected chi connectivity index (χ2v) is 4.71. The number of pyridine rings is 2. The molecule has 0 saturated heterocycles. The molecule has 6 heteroatoms. The van der Waals surface area contributed by atoms with Crippen LogP contribution in [0.4, 0.5) is 11.5 Å². The van der Waals surface area contributed by atoms with Crippen molar-refractivity contribution in [2.75, 3.05) is 5.32 Å². The summed E-state index contributed by atoms with van der Waals surface area (Å²) in [6, 6.07) is 11.2. The predicted octanol–water partition coefficient (Wildman–Crippen LogP) is 2.54. The van der Waals surface area contributed by atoms with E-state index in [0.29, 0.717) is 11.2 Å². The summed E-state index contributed by atoms with van der Waals surface area (Å²) in [6.07, 6.45) is 3.36. The second kappa shape index (κ2) is 4.45. The Morgan fingerprint density at radius 2 is 2.10 bits per heavy atom. The molecule has 0 radical (unpaired) electrons. The second-order valence-electron chi connectivity index (χ2n) is 4.71. The summed E-state index contributed by atoms with van der Waals surface area (Å²) < 4.78 is 0. The van der Waals surface area contributed by atoms with Gasteiger partial charge in [-0.15, -0.1) is 0 Å². The van der Waals surface area contributed by atoms with Crippen LogP contribution < -0.4 is 10.9 Å². The van der Waals surface area contributed by atoms with Crippen LogP contribution in [0.15, 0.2) is 53.6 Å². The molecule has 3 N–H and O–H groups in total. The molecule has 21 heavy (non-hydrogen) atoms. The van der Waals surface area contributed by atoms with Crippen molar-refractivity contribution in [1.29, 1.82) is 0 Å². The highest BCUT2D eigenvalue weighted by atomic mass is 16.1. The highest BCUT2D eigenvalue weighted by Gasteiger charge is 2.07. The third-order valence-corrected chi connectivity index (χ3v) is 3.36. The third-order valence-electron chi connectivity index (χ3n) is 3.36. The molecule has 0 atom stereocenters. The van der Waals surface area contributed by atoms with Crippen molar-refractivity contribution >= 4 is 33.3 Å². The number of H-pyrrole nitrogens is 2. The summed E-state index contributed by atoms with van der Waals surface area (Å²) >= 11 is 0. The van der Waals surface area contributed by atoms with E-state index in [0.717, 1.165) is 22.1 Å². The van der Waals surface area contributed by atoms with Crippen molar-refractivity contribution in [3.05, 3.63) is 59.1 Å². The van der Waals surface area contributed by atoms with Crippen LogP contribution in [0.25, 0.3) is 21.8 Å². The van der Waals surface area contributed by atoms with E-state index in [1.54, 1.807) is 18.5 Å². The van der Waals surface area contributed by atoms with Crippen LogP contribution in [-0.2, 0) is 0 Å². The Labute approximate surface area is 118 Å². The van der Waals surface area contributed by atoms with E-state index in [-0.39, 0.29) is 5.56 Å². The molecule has 102 valence electrons. The first-order chi connectivity index (χ1) is 10.3. The van der Waals surface area contributed by atoms with Crippen molar-refractivity contribution in [2.45, 2.75) is 0 Å². The summed E-state index contributed by atoms with van der Waals surface area (Å²) in [5.41, 5.74) is 2.42. The Morgan fingerprint density at radius 3 is 3.05 bits per heavy atom. The number of rotatable bonds is 2. The number of benzene rings is 1. The topological polar surface area (TPSA) is 86.5 Å². The number of fused-ring (bicyclic) bond motifs is 2. The van der Waals surface area contributed by atoms with Gasteiger partial charge in [0.25, 0.3) is 5.56 Å². The zero-order valence-corrected chi connectivity index (χ0v) is 10.9. The molecule has 0 fully saturated rings. The third kappa shape index (κ3) is 1.93. The fraction of sp³-hybridized carbons (Fsp3) is 0. The van der Waals surface area contributed by atoms with E-state index in [1.165, 1.54) is 0 Å². The van der Waals surface area contributed by atoms with Crippen molar-refractivity contribution < 1.29 is 0 Å². The summed E-state index contributed by atoms with van der Waals surface area (Å²) in [4.78, 5) is 18.6. The monoisotopic (exact) mass is 277 g/mol. The van der Waals surface area contributed by atoms with E-state index < -0.39 is 0 Å². The SMILES string of the molecule is O=c1[nH]ccc2cc(Nc3n[nH]c4cccnc34)ccc12. The van der Waals surface area contributed by atoms with E-state index in [9.17, 15) is 4.79 Å².